The first-order valence-electron chi connectivity index (χ1n) is 6.14. The van der Waals surface area contributed by atoms with E-state index in [1.807, 2.05) is 0 Å². The summed E-state index contributed by atoms with van der Waals surface area (Å²) in [6.07, 6.45) is -7.34. The maximum absolute atomic E-state index is 12.2. The number of rotatable bonds is 6. The van der Waals surface area contributed by atoms with E-state index in [2.05, 4.69) is 10.0 Å². The third kappa shape index (κ3) is 5.18. The van der Waals surface area contributed by atoms with E-state index in [0.717, 1.165) is 0 Å². The van der Waals surface area contributed by atoms with Crippen molar-refractivity contribution < 1.29 is 26.7 Å². The van der Waals surface area contributed by atoms with Crippen LogP contribution in [0.4, 0.5) is 18.9 Å². The van der Waals surface area contributed by atoms with Gasteiger partial charge in [0, 0.05) is 12.6 Å². The van der Waals surface area contributed by atoms with Gasteiger partial charge in [0.1, 0.15) is 4.90 Å². The fourth-order valence-corrected chi connectivity index (χ4v) is 2.98. The van der Waals surface area contributed by atoms with Crippen LogP contribution < -0.4 is 10.0 Å². The first-order chi connectivity index (χ1) is 9.54. The quantitative estimate of drug-likeness (QED) is 0.744. The highest BCUT2D eigenvalue weighted by Crippen LogP contribution is 2.23. The molecule has 3 N–H and O–H groups in total. The Hall–Kier alpha value is -1.32. The molecule has 1 atom stereocenters. The lowest BCUT2D eigenvalue weighted by Crippen LogP contribution is -2.35. The number of hydrogen-bond acceptors (Lipinski definition) is 4. The van der Waals surface area contributed by atoms with Crippen LogP contribution in [0.25, 0.3) is 0 Å². The summed E-state index contributed by atoms with van der Waals surface area (Å²) in [5.41, 5.74) is -0.00560. The second kappa shape index (κ2) is 6.63. The maximum atomic E-state index is 12.2. The molecule has 120 valence electrons. The minimum Gasteiger partial charge on any atom is -0.382 e. The fourth-order valence-electron chi connectivity index (χ4n) is 1.54. The van der Waals surface area contributed by atoms with Crippen LogP contribution in [0.5, 0.6) is 0 Å². The Bertz CT molecular complexity index is 573. The first-order valence-corrected chi connectivity index (χ1v) is 7.62. The van der Waals surface area contributed by atoms with Crippen LogP contribution in [0.1, 0.15) is 13.8 Å². The maximum Gasteiger partial charge on any atom is 0.416 e. The van der Waals surface area contributed by atoms with Gasteiger partial charge in [-0.15, -0.1) is 0 Å². The van der Waals surface area contributed by atoms with Crippen LogP contribution in [0, 0.1) is 0 Å². The summed E-state index contributed by atoms with van der Waals surface area (Å²) < 4.78 is 63.2. The topological polar surface area (TPSA) is 78.4 Å². The minimum absolute atomic E-state index is 0.00560. The van der Waals surface area contributed by atoms with Crippen molar-refractivity contribution in [3.8, 4) is 0 Å². The van der Waals surface area contributed by atoms with Crippen LogP contribution >= 0.6 is 0 Å². The number of aliphatic hydroxyl groups is 1. The summed E-state index contributed by atoms with van der Waals surface area (Å²) in [5, 5.41) is 11.2. The Labute approximate surface area is 121 Å². The Balaban J connectivity index is 2.96. The molecule has 0 spiro atoms. The number of nitrogens with one attached hydrogen (secondary N) is 2. The van der Waals surface area contributed by atoms with E-state index < -0.39 is 28.8 Å². The molecule has 1 unspecified atom stereocenters. The van der Waals surface area contributed by atoms with E-state index in [4.69, 9.17) is 5.11 Å². The Morgan fingerprint density at radius 2 is 1.81 bits per heavy atom. The summed E-state index contributed by atoms with van der Waals surface area (Å²) in [4.78, 5) is -0.173. The van der Waals surface area contributed by atoms with Gasteiger partial charge in [0.05, 0.1) is 5.69 Å². The van der Waals surface area contributed by atoms with E-state index in [1.54, 1.807) is 13.8 Å². The van der Waals surface area contributed by atoms with E-state index in [1.165, 1.54) is 24.3 Å². The molecule has 0 saturated carbocycles. The third-order valence-corrected chi connectivity index (χ3v) is 4.15. The largest absolute Gasteiger partial charge is 0.416 e. The summed E-state index contributed by atoms with van der Waals surface area (Å²) in [5.74, 6) is 0. The molecule has 0 heterocycles. The molecule has 0 aromatic heterocycles. The van der Waals surface area contributed by atoms with Crippen molar-refractivity contribution in [1.29, 1.82) is 0 Å². The highest BCUT2D eigenvalue weighted by Gasteiger charge is 2.38. The molecule has 0 bridgehead atoms. The van der Waals surface area contributed by atoms with E-state index in [9.17, 15) is 21.6 Å². The van der Waals surface area contributed by atoms with Gasteiger partial charge in [-0.2, -0.15) is 13.2 Å². The summed E-state index contributed by atoms with van der Waals surface area (Å²) in [6, 6.07) is 5.19. The third-order valence-electron chi connectivity index (χ3n) is 2.43. The Morgan fingerprint density at radius 1 is 1.24 bits per heavy atom. The second-order valence-corrected chi connectivity index (χ2v) is 6.39. The molecule has 9 heteroatoms. The van der Waals surface area contributed by atoms with Crippen molar-refractivity contribution in [1.82, 2.24) is 4.72 Å². The van der Waals surface area contributed by atoms with Crippen molar-refractivity contribution in [2.24, 2.45) is 0 Å². The van der Waals surface area contributed by atoms with Gasteiger partial charge >= 0.3 is 6.18 Å². The van der Waals surface area contributed by atoms with Crippen molar-refractivity contribution in [2.75, 3.05) is 11.9 Å². The van der Waals surface area contributed by atoms with Crippen molar-refractivity contribution in [3.63, 3.8) is 0 Å². The van der Waals surface area contributed by atoms with Crippen molar-refractivity contribution >= 4 is 15.7 Å². The van der Waals surface area contributed by atoms with Crippen molar-refractivity contribution in [2.45, 2.75) is 37.1 Å². The lowest BCUT2D eigenvalue weighted by molar-refractivity contribution is -0.198. The van der Waals surface area contributed by atoms with E-state index in [-0.39, 0.29) is 16.6 Å². The number of anilines is 1. The monoisotopic (exact) mass is 326 g/mol. The standard InChI is InChI=1S/C12H17F3N2O3S/c1-8(2)17-21(19,20)10-6-4-3-5-9(10)16-7-11(18)12(13,14)15/h3-6,8,11,16-18H,7H2,1-2H3. The van der Waals surface area contributed by atoms with Gasteiger partial charge in [0.25, 0.3) is 0 Å². The molecule has 1 aromatic rings. The zero-order chi connectivity index (χ0) is 16.3. The highest BCUT2D eigenvalue weighted by atomic mass is 32.2. The molecule has 0 radical (unpaired) electrons. The zero-order valence-corrected chi connectivity index (χ0v) is 12.3. The van der Waals surface area contributed by atoms with Gasteiger partial charge in [0.2, 0.25) is 10.0 Å². The highest BCUT2D eigenvalue weighted by molar-refractivity contribution is 7.89. The minimum atomic E-state index is -4.77. The lowest BCUT2D eigenvalue weighted by atomic mass is 10.3. The smallest absolute Gasteiger partial charge is 0.382 e. The van der Waals surface area contributed by atoms with Crippen LogP contribution in [0.3, 0.4) is 0 Å². The fraction of sp³-hybridized carbons (Fsp3) is 0.500. The second-order valence-electron chi connectivity index (χ2n) is 4.71. The molecular formula is C12H17F3N2O3S. The molecule has 0 fully saturated rings. The molecule has 0 aliphatic carbocycles. The average Bonchev–Trinajstić information content (AvgIpc) is 2.33. The summed E-state index contributed by atoms with van der Waals surface area (Å²) in [7, 11) is -3.85. The molecule has 0 aliphatic rings. The molecule has 0 saturated heterocycles. The van der Waals surface area contributed by atoms with Gasteiger partial charge in [0.15, 0.2) is 6.10 Å². The Kier molecular flexibility index (Phi) is 5.60. The predicted octanol–water partition coefficient (Wildman–Crippen LogP) is 1.71. The van der Waals surface area contributed by atoms with E-state index >= 15 is 0 Å². The predicted molar refractivity (Wildman–Crippen MR) is 72.5 cm³/mol. The van der Waals surface area contributed by atoms with Crippen LogP contribution in [0.2, 0.25) is 0 Å². The van der Waals surface area contributed by atoms with Crippen LogP contribution in [-0.4, -0.2) is 38.4 Å². The van der Waals surface area contributed by atoms with Gasteiger partial charge in [-0.3, -0.25) is 0 Å². The zero-order valence-electron chi connectivity index (χ0n) is 11.5. The lowest BCUT2D eigenvalue weighted by Gasteiger charge is -2.18. The number of para-hydroxylation sites is 1. The SMILES string of the molecule is CC(C)NS(=O)(=O)c1ccccc1NCC(O)C(F)(F)F. The number of sulfonamides is 1. The molecule has 1 aromatic carbocycles. The average molecular weight is 326 g/mol. The molecule has 1 rings (SSSR count). The Morgan fingerprint density at radius 3 is 2.33 bits per heavy atom. The van der Waals surface area contributed by atoms with Crippen LogP contribution in [-0.2, 0) is 10.0 Å². The first kappa shape index (κ1) is 17.7. The molecule has 5 nitrogen and oxygen atoms in total. The normalized spacial score (nSPS) is 14.2. The summed E-state index contributed by atoms with van der Waals surface area (Å²) >= 11 is 0. The van der Waals surface area contributed by atoms with Gasteiger partial charge in [-0.25, -0.2) is 13.1 Å². The van der Waals surface area contributed by atoms with E-state index in [0.29, 0.717) is 0 Å². The van der Waals surface area contributed by atoms with Crippen molar-refractivity contribution in [3.05, 3.63) is 24.3 Å². The van der Waals surface area contributed by atoms with Gasteiger partial charge in [-0.1, -0.05) is 12.1 Å². The molecule has 21 heavy (non-hydrogen) atoms. The van der Waals surface area contributed by atoms with Gasteiger partial charge in [-0.05, 0) is 26.0 Å². The number of benzene rings is 1. The van der Waals surface area contributed by atoms with Gasteiger partial charge < -0.3 is 10.4 Å². The number of halogens is 3. The summed E-state index contributed by atoms with van der Waals surface area (Å²) in [6.45, 7) is 2.42. The number of hydrogen-bond donors (Lipinski definition) is 3. The molecular weight excluding hydrogens is 309 g/mol. The number of alkyl halides is 3. The number of aliphatic hydroxyl groups excluding tert-OH is 1. The molecule has 0 amide bonds. The molecule has 0 aliphatic heterocycles. The van der Waals surface area contributed by atoms with Crippen LogP contribution in [0.15, 0.2) is 29.2 Å².